The van der Waals surface area contributed by atoms with Crippen molar-refractivity contribution in [2.75, 3.05) is 0 Å². The number of halogens is 4. The van der Waals surface area contributed by atoms with E-state index in [4.69, 9.17) is 16.0 Å². The molecule has 0 aliphatic heterocycles. The summed E-state index contributed by atoms with van der Waals surface area (Å²) in [5.74, 6) is 0.741. The predicted octanol–water partition coefficient (Wildman–Crippen LogP) is 5.96. The van der Waals surface area contributed by atoms with Crippen molar-refractivity contribution in [3.05, 3.63) is 41.8 Å². The predicted molar refractivity (Wildman–Crippen MR) is 73.8 cm³/mol. The van der Waals surface area contributed by atoms with Crippen LogP contribution in [-0.4, -0.2) is 0 Å². The van der Waals surface area contributed by atoms with Crippen molar-refractivity contribution in [2.24, 2.45) is 0 Å². The van der Waals surface area contributed by atoms with Crippen molar-refractivity contribution in [1.82, 2.24) is 0 Å². The van der Waals surface area contributed by atoms with Crippen molar-refractivity contribution >= 4 is 70.7 Å². The Morgan fingerprint density at radius 2 is 2.00 bits per heavy atom. The third-order valence-electron chi connectivity index (χ3n) is 1.76. The standard InChI is InChI=1S/C9H4Br3ClOS/c10-4-3-6(15-9(4)12)8(13)5-1-2-7(11)14-5/h1-3,8H. The molecule has 0 saturated carbocycles. The molecule has 0 saturated heterocycles. The van der Waals surface area contributed by atoms with Crippen LogP contribution >= 0.6 is 70.7 Å². The number of hydrogen-bond acceptors (Lipinski definition) is 2. The summed E-state index contributed by atoms with van der Waals surface area (Å²) in [6.45, 7) is 0. The number of alkyl halides is 1. The maximum absolute atomic E-state index is 6.28. The molecule has 0 amide bonds. The fourth-order valence-corrected chi connectivity index (χ4v) is 3.80. The summed E-state index contributed by atoms with van der Waals surface area (Å²) in [6, 6.07) is 5.69. The molecule has 1 unspecified atom stereocenters. The van der Waals surface area contributed by atoms with Gasteiger partial charge >= 0.3 is 0 Å². The minimum atomic E-state index is -0.246. The number of thiophene rings is 1. The summed E-state index contributed by atoms with van der Waals surface area (Å²) in [4.78, 5) is 1.04. The van der Waals surface area contributed by atoms with Gasteiger partial charge in [-0.05, 0) is 66.0 Å². The van der Waals surface area contributed by atoms with Gasteiger partial charge in [-0.1, -0.05) is 0 Å². The summed E-state index contributed by atoms with van der Waals surface area (Å²) >= 11 is 18.0. The van der Waals surface area contributed by atoms with Crippen molar-refractivity contribution < 1.29 is 4.42 Å². The molecule has 0 N–H and O–H groups in total. The molecule has 2 aromatic heterocycles. The SMILES string of the molecule is ClC(c1ccc(Br)o1)c1cc(Br)c(Br)s1. The van der Waals surface area contributed by atoms with E-state index in [-0.39, 0.29) is 5.38 Å². The fraction of sp³-hybridized carbons (Fsp3) is 0.111. The minimum absolute atomic E-state index is 0.246. The molecule has 0 aromatic carbocycles. The number of rotatable bonds is 2. The summed E-state index contributed by atoms with van der Waals surface area (Å²) in [5.41, 5.74) is 0. The minimum Gasteiger partial charge on any atom is -0.452 e. The van der Waals surface area contributed by atoms with E-state index in [0.717, 1.165) is 18.9 Å². The van der Waals surface area contributed by atoms with E-state index in [0.29, 0.717) is 4.67 Å². The van der Waals surface area contributed by atoms with E-state index in [1.54, 1.807) is 11.3 Å². The van der Waals surface area contributed by atoms with E-state index in [1.165, 1.54) is 0 Å². The molecule has 1 atom stereocenters. The topological polar surface area (TPSA) is 13.1 Å². The molecule has 0 aliphatic rings. The van der Waals surface area contributed by atoms with Crippen LogP contribution in [0.3, 0.4) is 0 Å². The Kier molecular flexibility index (Phi) is 3.99. The first-order valence-electron chi connectivity index (χ1n) is 3.92. The normalized spacial score (nSPS) is 13.1. The third kappa shape index (κ3) is 2.69. The van der Waals surface area contributed by atoms with Gasteiger partial charge in [0, 0.05) is 9.35 Å². The average molecular weight is 435 g/mol. The van der Waals surface area contributed by atoms with Crippen LogP contribution in [0.1, 0.15) is 16.0 Å². The number of hydrogen-bond donors (Lipinski definition) is 0. The van der Waals surface area contributed by atoms with E-state index >= 15 is 0 Å². The lowest BCUT2D eigenvalue weighted by molar-refractivity contribution is 0.495. The van der Waals surface area contributed by atoms with Crippen molar-refractivity contribution in [2.45, 2.75) is 5.38 Å². The zero-order valence-corrected chi connectivity index (χ0v) is 13.5. The lowest BCUT2D eigenvalue weighted by Gasteiger charge is -2.01. The van der Waals surface area contributed by atoms with Crippen LogP contribution in [0.4, 0.5) is 0 Å². The average Bonchev–Trinajstić information content (AvgIpc) is 2.74. The summed E-state index contributed by atoms with van der Waals surface area (Å²) in [5, 5.41) is -0.246. The van der Waals surface area contributed by atoms with Crippen LogP contribution in [0.15, 0.2) is 35.5 Å². The second-order valence-corrected chi connectivity index (χ2v) is 7.25. The van der Waals surface area contributed by atoms with Gasteiger partial charge in [-0.2, -0.15) is 0 Å². The molecule has 0 fully saturated rings. The first-order valence-corrected chi connectivity index (χ1v) is 7.55. The second-order valence-electron chi connectivity index (χ2n) is 2.77. The molecular weight excluding hydrogens is 431 g/mol. The summed E-state index contributed by atoms with van der Waals surface area (Å²) in [7, 11) is 0. The van der Waals surface area contributed by atoms with E-state index < -0.39 is 0 Å². The Balaban J connectivity index is 2.31. The molecule has 0 aliphatic carbocycles. The summed E-state index contributed by atoms with van der Waals surface area (Å²) in [6.07, 6.45) is 0. The molecule has 15 heavy (non-hydrogen) atoms. The van der Waals surface area contributed by atoms with Gasteiger partial charge in [-0.3, -0.25) is 0 Å². The molecule has 80 valence electrons. The van der Waals surface area contributed by atoms with Crippen LogP contribution in [0.25, 0.3) is 0 Å². The maximum atomic E-state index is 6.28. The highest BCUT2D eigenvalue weighted by molar-refractivity contribution is 9.13. The van der Waals surface area contributed by atoms with Crippen LogP contribution in [0, 0.1) is 0 Å². The Morgan fingerprint density at radius 3 is 2.47 bits per heavy atom. The highest BCUT2D eigenvalue weighted by Gasteiger charge is 2.18. The van der Waals surface area contributed by atoms with E-state index in [2.05, 4.69) is 47.8 Å². The Morgan fingerprint density at radius 1 is 1.27 bits per heavy atom. The van der Waals surface area contributed by atoms with Crippen LogP contribution in [-0.2, 0) is 0 Å². The highest BCUT2D eigenvalue weighted by atomic mass is 79.9. The Hall–Kier alpha value is 0.710. The third-order valence-corrected chi connectivity index (χ3v) is 6.08. The maximum Gasteiger partial charge on any atom is 0.169 e. The quantitative estimate of drug-likeness (QED) is 0.531. The zero-order valence-electron chi connectivity index (χ0n) is 7.14. The molecule has 2 rings (SSSR count). The first kappa shape index (κ1) is 12.2. The van der Waals surface area contributed by atoms with Gasteiger partial charge in [-0.15, -0.1) is 22.9 Å². The smallest absolute Gasteiger partial charge is 0.169 e. The van der Waals surface area contributed by atoms with Gasteiger partial charge in [-0.25, -0.2) is 0 Å². The van der Waals surface area contributed by atoms with Gasteiger partial charge in [0.2, 0.25) is 0 Å². The van der Waals surface area contributed by atoms with E-state index in [9.17, 15) is 0 Å². The van der Waals surface area contributed by atoms with Gasteiger partial charge in [0.25, 0.3) is 0 Å². The van der Waals surface area contributed by atoms with Crippen LogP contribution in [0.5, 0.6) is 0 Å². The molecule has 0 spiro atoms. The Bertz CT molecular complexity index is 460. The van der Waals surface area contributed by atoms with Crippen LogP contribution < -0.4 is 0 Å². The van der Waals surface area contributed by atoms with Crippen molar-refractivity contribution in [3.63, 3.8) is 0 Å². The van der Waals surface area contributed by atoms with Gasteiger partial charge in [0.05, 0.1) is 3.79 Å². The number of furan rings is 1. The highest BCUT2D eigenvalue weighted by Crippen LogP contribution is 2.41. The van der Waals surface area contributed by atoms with E-state index in [1.807, 2.05) is 18.2 Å². The van der Waals surface area contributed by atoms with Crippen molar-refractivity contribution in [3.8, 4) is 0 Å². The molecule has 1 nitrogen and oxygen atoms in total. The largest absolute Gasteiger partial charge is 0.452 e. The lowest BCUT2D eigenvalue weighted by Crippen LogP contribution is -1.85. The molecular formula is C9H4Br3ClOS. The first-order chi connectivity index (χ1) is 7.08. The molecule has 2 heterocycles. The molecule has 0 radical (unpaired) electrons. The summed E-state index contributed by atoms with van der Waals surface area (Å²) < 4.78 is 8.15. The second kappa shape index (κ2) is 4.92. The molecule has 2 aromatic rings. The molecule has 6 heteroatoms. The van der Waals surface area contributed by atoms with Gasteiger partial charge in [0.1, 0.15) is 11.1 Å². The van der Waals surface area contributed by atoms with Gasteiger partial charge < -0.3 is 4.42 Å². The fourth-order valence-electron chi connectivity index (χ4n) is 1.09. The Labute approximate surface area is 121 Å². The lowest BCUT2D eigenvalue weighted by atomic mass is 10.3. The molecule has 0 bridgehead atoms. The zero-order chi connectivity index (χ0) is 11.0. The van der Waals surface area contributed by atoms with Gasteiger partial charge in [0.15, 0.2) is 4.67 Å². The van der Waals surface area contributed by atoms with Crippen LogP contribution in [0.2, 0.25) is 0 Å². The monoisotopic (exact) mass is 432 g/mol. The van der Waals surface area contributed by atoms with Crippen molar-refractivity contribution in [1.29, 1.82) is 0 Å².